The topological polar surface area (TPSA) is 72.0 Å². The lowest BCUT2D eigenvalue weighted by Crippen LogP contribution is -2.07. The van der Waals surface area contributed by atoms with Crippen LogP contribution in [-0.2, 0) is 4.79 Å². The summed E-state index contributed by atoms with van der Waals surface area (Å²) in [6.45, 7) is 3.33. The number of nitrogens with zero attached hydrogens (tertiary/aromatic N) is 2. The van der Waals surface area contributed by atoms with Gasteiger partial charge in [-0.15, -0.1) is 0 Å². The SMILES string of the molecule is CC(=O)Nc1ccc(C(=O)CSc2cc(C)ncn2)cc1. The van der Waals surface area contributed by atoms with Gasteiger partial charge in [-0.3, -0.25) is 9.59 Å². The maximum Gasteiger partial charge on any atom is 0.221 e. The van der Waals surface area contributed by atoms with Crippen LogP contribution in [0.3, 0.4) is 0 Å². The number of aromatic nitrogens is 2. The summed E-state index contributed by atoms with van der Waals surface area (Å²) in [5.41, 5.74) is 2.17. The van der Waals surface area contributed by atoms with E-state index in [1.165, 1.54) is 25.0 Å². The Morgan fingerprint density at radius 1 is 1.19 bits per heavy atom. The molecule has 0 aliphatic heterocycles. The maximum atomic E-state index is 12.1. The minimum atomic E-state index is -0.135. The molecule has 0 fully saturated rings. The highest BCUT2D eigenvalue weighted by Gasteiger charge is 2.08. The van der Waals surface area contributed by atoms with Crippen molar-refractivity contribution in [1.82, 2.24) is 9.97 Å². The Balaban J connectivity index is 1.95. The van der Waals surface area contributed by atoms with Crippen molar-refractivity contribution >= 4 is 29.1 Å². The smallest absolute Gasteiger partial charge is 0.221 e. The largest absolute Gasteiger partial charge is 0.326 e. The minimum Gasteiger partial charge on any atom is -0.326 e. The average molecular weight is 301 g/mol. The zero-order chi connectivity index (χ0) is 15.2. The number of carbonyl (C=O) groups excluding carboxylic acids is 2. The third-order valence-corrected chi connectivity index (χ3v) is 3.58. The zero-order valence-electron chi connectivity index (χ0n) is 11.8. The summed E-state index contributed by atoms with van der Waals surface area (Å²) >= 11 is 1.38. The third kappa shape index (κ3) is 4.68. The number of carbonyl (C=O) groups is 2. The number of aryl methyl sites for hydroxylation is 1. The van der Waals surface area contributed by atoms with Gasteiger partial charge < -0.3 is 5.32 Å². The van der Waals surface area contributed by atoms with E-state index >= 15 is 0 Å². The van der Waals surface area contributed by atoms with E-state index in [0.29, 0.717) is 17.0 Å². The molecule has 0 unspecified atom stereocenters. The number of benzene rings is 1. The second-order valence-electron chi connectivity index (χ2n) is 4.47. The highest BCUT2D eigenvalue weighted by Crippen LogP contribution is 2.18. The van der Waals surface area contributed by atoms with E-state index in [1.54, 1.807) is 24.3 Å². The molecule has 2 aromatic rings. The molecule has 0 bridgehead atoms. The maximum absolute atomic E-state index is 12.1. The fourth-order valence-corrected chi connectivity index (χ4v) is 2.50. The van der Waals surface area contributed by atoms with Crippen molar-refractivity contribution in [3.8, 4) is 0 Å². The van der Waals surface area contributed by atoms with E-state index < -0.39 is 0 Å². The summed E-state index contributed by atoms with van der Waals surface area (Å²) in [5.74, 6) is 0.199. The molecule has 0 aliphatic carbocycles. The monoisotopic (exact) mass is 301 g/mol. The van der Waals surface area contributed by atoms with Crippen LogP contribution in [-0.4, -0.2) is 27.4 Å². The molecular formula is C15H15N3O2S. The lowest BCUT2D eigenvalue weighted by Gasteiger charge is -2.04. The van der Waals surface area contributed by atoms with Crippen molar-refractivity contribution in [2.75, 3.05) is 11.1 Å². The molecule has 21 heavy (non-hydrogen) atoms. The number of amides is 1. The molecule has 0 radical (unpaired) electrons. The first kappa shape index (κ1) is 15.2. The molecule has 0 spiro atoms. The molecule has 1 aromatic heterocycles. The first-order valence-corrected chi connectivity index (χ1v) is 7.35. The third-order valence-electron chi connectivity index (χ3n) is 2.66. The molecule has 1 amide bonds. The predicted octanol–water partition coefficient (Wildman–Crippen LogP) is 2.72. The van der Waals surface area contributed by atoms with Crippen molar-refractivity contribution in [2.45, 2.75) is 18.9 Å². The number of nitrogens with one attached hydrogen (secondary N) is 1. The fraction of sp³-hybridized carbons (Fsp3) is 0.200. The molecule has 1 aromatic carbocycles. The number of anilines is 1. The van der Waals surface area contributed by atoms with Crippen LogP contribution in [0.5, 0.6) is 0 Å². The van der Waals surface area contributed by atoms with Gasteiger partial charge in [0.2, 0.25) is 5.91 Å². The molecule has 0 saturated heterocycles. The Morgan fingerprint density at radius 2 is 1.90 bits per heavy atom. The highest BCUT2D eigenvalue weighted by atomic mass is 32.2. The van der Waals surface area contributed by atoms with Crippen LogP contribution in [0, 0.1) is 6.92 Å². The van der Waals surface area contributed by atoms with Gasteiger partial charge in [-0.25, -0.2) is 9.97 Å². The zero-order valence-corrected chi connectivity index (χ0v) is 12.6. The van der Waals surface area contributed by atoms with Crippen LogP contribution < -0.4 is 5.32 Å². The van der Waals surface area contributed by atoms with Crippen molar-refractivity contribution in [1.29, 1.82) is 0 Å². The van der Waals surface area contributed by atoms with E-state index in [9.17, 15) is 9.59 Å². The lowest BCUT2D eigenvalue weighted by atomic mass is 10.1. The quantitative estimate of drug-likeness (QED) is 0.522. The van der Waals surface area contributed by atoms with Gasteiger partial charge in [0, 0.05) is 23.9 Å². The Labute approximate surface area is 127 Å². The Hall–Kier alpha value is -2.21. The standard InChI is InChI=1S/C15H15N3O2S/c1-10-7-15(17-9-16-10)21-8-14(20)12-3-5-13(6-4-12)18-11(2)19/h3-7,9H,8H2,1-2H3,(H,18,19). The molecule has 0 aliphatic rings. The second kappa shape index (κ2) is 6.99. The van der Waals surface area contributed by atoms with Gasteiger partial charge in [-0.05, 0) is 37.3 Å². The summed E-state index contributed by atoms with van der Waals surface area (Å²) in [7, 11) is 0. The van der Waals surface area contributed by atoms with E-state index in [1.807, 2.05) is 13.0 Å². The van der Waals surface area contributed by atoms with Gasteiger partial charge in [-0.2, -0.15) is 0 Å². The number of rotatable bonds is 5. The van der Waals surface area contributed by atoms with E-state index in [-0.39, 0.29) is 11.7 Å². The van der Waals surface area contributed by atoms with Crippen LogP contribution in [0.1, 0.15) is 23.0 Å². The van der Waals surface area contributed by atoms with Crippen molar-refractivity contribution in [2.24, 2.45) is 0 Å². The van der Waals surface area contributed by atoms with E-state index in [2.05, 4.69) is 15.3 Å². The molecule has 5 nitrogen and oxygen atoms in total. The summed E-state index contributed by atoms with van der Waals surface area (Å²) < 4.78 is 0. The fourth-order valence-electron chi connectivity index (χ4n) is 1.67. The summed E-state index contributed by atoms with van der Waals surface area (Å²) in [6.07, 6.45) is 1.49. The molecule has 6 heteroatoms. The van der Waals surface area contributed by atoms with Crippen molar-refractivity contribution < 1.29 is 9.59 Å². The van der Waals surface area contributed by atoms with Crippen LogP contribution >= 0.6 is 11.8 Å². The Morgan fingerprint density at radius 3 is 2.52 bits per heavy atom. The normalized spacial score (nSPS) is 10.2. The molecule has 0 atom stereocenters. The molecule has 2 rings (SSSR count). The van der Waals surface area contributed by atoms with E-state index in [0.717, 1.165) is 10.7 Å². The van der Waals surface area contributed by atoms with Gasteiger partial charge in [0.05, 0.1) is 5.75 Å². The Kier molecular flexibility index (Phi) is 5.05. The molecule has 0 saturated carbocycles. The number of hydrogen-bond acceptors (Lipinski definition) is 5. The summed E-state index contributed by atoms with van der Waals surface area (Å²) in [4.78, 5) is 31.1. The van der Waals surface area contributed by atoms with Crippen LogP contribution in [0.2, 0.25) is 0 Å². The molecule has 1 heterocycles. The van der Waals surface area contributed by atoms with Crippen molar-refractivity contribution in [3.63, 3.8) is 0 Å². The summed E-state index contributed by atoms with van der Waals surface area (Å²) in [5, 5.41) is 3.45. The van der Waals surface area contributed by atoms with Crippen LogP contribution in [0.25, 0.3) is 0 Å². The minimum absolute atomic E-state index is 0.0191. The Bertz CT molecular complexity index is 656. The number of Topliss-reactive ketones (excluding diaryl/α,β-unsaturated/α-hetero) is 1. The van der Waals surface area contributed by atoms with Gasteiger partial charge in [-0.1, -0.05) is 11.8 Å². The van der Waals surface area contributed by atoms with Gasteiger partial charge in [0.1, 0.15) is 11.4 Å². The first-order valence-electron chi connectivity index (χ1n) is 6.37. The first-order chi connectivity index (χ1) is 10.0. The molecule has 1 N–H and O–H groups in total. The number of ketones is 1. The number of thioether (sulfide) groups is 1. The van der Waals surface area contributed by atoms with Gasteiger partial charge >= 0.3 is 0 Å². The number of hydrogen-bond donors (Lipinski definition) is 1. The van der Waals surface area contributed by atoms with Crippen LogP contribution in [0.4, 0.5) is 5.69 Å². The predicted molar refractivity (Wildman–Crippen MR) is 82.6 cm³/mol. The average Bonchev–Trinajstić information content (AvgIpc) is 2.45. The lowest BCUT2D eigenvalue weighted by molar-refractivity contribution is -0.114. The van der Waals surface area contributed by atoms with Crippen LogP contribution in [0.15, 0.2) is 41.7 Å². The second-order valence-corrected chi connectivity index (χ2v) is 5.46. The van der Waals surface area contributed by atoms with Crippen molar-refractivity contribution in [3.05, 3.63) is 47.9 Å². The van der Waals surface area contributed by atoms with Gasteiger partial charge in [0.25, 0.3) is 0 Å². The highest BCUT2D eigenvalue weighted by molar-refractivity contribution is 7.99. The van der Waals surface area contributed by atoms with Gasteiger partial charge in [0.15, 0.2) is 5.78 Å². The molecular weight excluding hydrogens is 286 g/mol. The summed E-state index contributed by atoms with van der Waals surface area (Å²) in [6, 6.07) is 8.69. The van der Waals surface area contributed by atoms with E-state index in [4.69, 9.17) is 0 Å². The molecule has 108 valence electrons.